The van der Waals surface area contributed by atoms with Crippen molar-refractivity contribution in [1.29, 1.82) is 0 Å². The van der Waals surface area contributed by atoms with Gasteiger partial charge in [0.05, 0.1) is 17.3 Å². The first-order valence-electron chi connectivity index (χ1n) is 12.1. The van der Waals surface area contributed by atoms with E-state index < -0.39 is 30.8 Å². The fraction of sp³-hybridized carbons (Fsp3) is 0.346. The van der Waals surface area contributed by atoms with Crippen LogP contribution in [-0.2, 0) is 13.1 Å². The van der Waals surface area contributed by atoms with Crippen LogP contribution in [0.3, 0.4) is 0 Å². The molecule has 1 aliphatic heterocycles. The van der Waals surface area contributed by atoms with Crippen LogP contribution in [0.25, 0.3) is 22.4 Å². The van der Waals surface area contributed by atoms with E-state index in [2.05, 4.69) is 20.8 Å². The number of piperidine rings is 1. The van der Waals surface area contributed by atoms with Gasteiger partial charge in [-0.3, -0.25) is 4.79 Å². The molecule has 1 aliphatic rings. The van der Waals surface area contributed by atoms with E-state index in [1.807, 2.05) is 42.3 Å². The Balaban J connectivity index is 1.45. The molecule has 0 aliphatic carbocycles. The molecule has 2 aromatic heterocycles. The van der Waals surface area contributed by atoms with Crippen LogP contribution in [0.5, 0.6) is 0 Å². The number of rotatable bonds is 7. The molecule has 0 radical (unpaired) electrons. The van der Waals surface area contributed by atoms with Crippen molar-refractivity contribution < 1.29 is 26.9 Å². The summed E-state index contributed by atoms with van der Waals surface area (Å²) in [5.74, 6) is -1.18. The second-order valence-electron chi connectivity index (χ2n) is 9.38. The van der Waals surface area contributed by atoms with Crippen LogP contribution < -0.4 is 10.6 Å². The number of amides is 1. The number of halogens is 4. The van der Waals surface area contributed by atoms with Crippen LogP contribution in [0.15, 0.2) is 59.1 Å². The number of hydrogen-bond donors (Lipinski definition) is 2. The SMILES string of the molecule is CN1CC[C@@H](Nc2cccc3c2cc(-c2noc(C(=O)NCc4ccccc4)n2)n3CC(F)(F)F)[C@@H](F)C1. The molecular weight excluding hydrogens is 504 g/mol. The highest BCUT2D eigenvalue weighted by Crippen LogP contribution is 2.35. The quantitative estimate of drug-likeness (QED) is 0.339. The summed E-state index contributed by atoms with van der Waals surface area (Å²) in [6, 6.07) is 15.1. The number of carbonyl (C=O) groups excluding carboxylic acids is 1. The first-order valence-corrected chi connectivity index (χ1v) is 12.1. The lowest BCUT2D eigenvalue weighted by Gasteiger charge is -2.33. The largest absolute Gasteiger partial charge is 0.406 e. The smallest absolute Gasteiger partial charge is 0.379 e. The van der Waals surface area contributed by atoms with Crippen molar-refractivity contribution in [3.05, 3.63) is 66.1 Å². The first kappa shape index (κ1) is 25.7. The number of anilines is 1. The van der Waals surface area contributed by atoms with E-state index in [9.17, 15) is 22.4 Å². The number of carbonyl (C=O) groups is 1. The molecule has 0 spiro atoms. The molecule has 5 rings (SSSR count). The van der Waals surface area contributed by atoms with E-state index in [0.29, 0.717) is 24.0 Å². The van der Waals surface area contributed by atoms with E-state index >= 15 is 0 Å². The van der Waals surface area contributed by atoms with Crippen molar-refractivity contribution in [2.75, 3.05) is 25.5 Å². The highest BCUT2D eigenvalue weighted by atomic mass is 19.4. The Hall–Kier alpha value is -3.93. The number of hydrogen-bond acceptors (Lipinski definition) is 6. The lowest BCUT2D eigenvalue weighted by Crippen LogP contribution is -2.46. The van der Waals surface area contributed by atoms with Crippen molar-refractivity contribution in [3.8, 4) is 11.5 Å². The average Bonchev–Trinajstić information content (AvgIpc) is 3.50. The Morgan fingerprint density at radius 1 is 1.16 bits per heavy atom. The molecule has 1 amide bonds. The topological polar surface area (TPSA) is 88.2 Å². The fourth-order valence-corrected chi connectivity index (χ4v) is 4.64. The molecule has 3 heterocycles. The minimum Gasteiger partial charge on any atom is -0.379 e. The molecule has 1 saturated heterocycles. The summed E-state index contributed by atoms with van der Waals surface area (Å²) in [5, 5.41) is 10.1. The standard InChI is InChI=1S/C26H26F4N6O2/c1-35-11-10-20(18(27)14-35)32-19-8-5-9-21-17(19)12-22(36(21)15-26(28,29)30)23-33-25(38-34-23)24(37)31-13-16-6-3-2-4-7-16/h2-9,12,18,20,32H,10-11,13-15H2,1H3,(H,31,37)/t18-,20+/m0/s1. The Kier molecular flexibility index (Phi) is 7.06. The monoisotopic (exact) mass is 530 g/mol. The number of alkyl halides is 4. The van der Waals surface area contributed by atoms with Gasteiger partial charge in [-0.1, -0.05) is 41.6 Å². The van der Waals surface area contributed by atoms with Crippen LogP contribution >= 0.6 is 0 Å². The second kappa shape index (κ2) is 10.4. The summed E-state index contributed by atoms with van der Waals surface area (Å²) in [7, 11) is 1.84. The maximum atomic E-state index is 14.7. The summed E-state index contributed by atoms with van der Waals surface area (Å²) in [5.41, 5.74) is 1.65. The van der Waals surface area contributed by atoms with E-state index in [0.717, 1.165) is 10.1 Å². The number of nitrogens with zero attached hydrogens (tertiary/aromatic N) is 4. The van der Waals surface area contributed by atoms with Gasteiger partial charge in [-0.2, -0.15) is 18.2 Å². The van der Waals surface area contributed by atoms with Crippen molar-refractivity contribution in [2.45, 2.75) is 37.9 Å². The van der Waals surface area contributed by atoms with Gasteiger partial charge in [-0.05, 0) is 37.2 Å². The fourth-order valence-electron chi connectivity index (χ4n) is 4.64. The number of nitrogens with one attached hydrogen (secondary N) is 2. The van der Waals surface area contributed by atoms with Gasteiger partial charge >= 0.3 is 18.0 Å². The average molecular weight is 531 g/mol. The Morgan fingerprint density at radius 3 is 2.68 bits per heavy atom. The number of aromatic nitrogens is 3. The van der Waals surface area contributed by atoms with E-state index in [-0.39, 0.29) is 36.0 Å². The van der Waals surface area contributed by atoms with Crippen molar-refractivity contribution in [1.82, 2.24) is 24.9 Å². The molecule has 2 N–H and O–H groups in total. The molecule has 2 atom stereocenters. The van der Waals surface area contributed by atoms with Crippen LogP contribution in [-0.4, -0.2) is 64.0 Å². The molecule has 0 unspecified atom stereocenters. The van der Waals surface area contributed by atoms with E-state index in [1.54, 1.807) is 18.2 Å². The zero-order chi connectivity index (χ0) is 26.9. The summed E-state index contributed by atoms with van der Waals surface area (Å²) >= 11 is 0. The highest BCUT2D eigenvalue weighted by Gasteiger charge is 2.32. The molecule has 2 aromatic carbocycles. The minimum atomic E-state index is -4.54. The van der Waals surface area contributed by atoms with Crippen LogP contribution in [0.1, 0.15) is 22.7 Å². The summed E-state index contributed by atoms with van der Waals surface area (Å²) in [6.45, 7) is -0.120. The second-order valence-corrected chi connectivity index (χ2v) is 9.38. The summed E-state index contributed by atoms with van der Waals surface area (Å²) in [6.07, 6.45) is -5.12. The third kappa shape index (κ3) is 5.64. The molecule has 0 saturated carbocycles. The number of benzene rings is 2. The van der Waals surface area contributed by atoms with Crippen molar-refractivity contribution in [2.24, 2.45) is 0 Å². The Labute approximate surface area is 215 Å². The molecule has 38 heavy (non-hydrogen) atoms. The third-order valence-corrected chi connectivity index (χ3v) is 6.51. The van der Waals surface area contributed by atoms with Gasteiger partial charge in [0.2, 0.25) is 5.82 Å². The zero-order valence-electron chi connectivity index (χ0n) is 20.5. The van der Waals surface area contributed by atoms with Gasteiger partial charge in [0, 0.05) is 30.7 Å². The van der Waals surface area contributed by atoms with Crippen LogP contribution in [0.4, 0.5) is 23.2 Å². The molecule has 12 heteroatoms. The van der Waals surface area contributed by atoms with Gasteiger partial charge in [0.1, 0.15) is 12.7 Å². The predicted octanol–water partition coefficient (Wildman–Crippen LogP) is 4.64. The van der Waals surface area contributed by atoms with Crippen molar-refractivity contribution in [3.63, 3.8) is 0 Å². The maximum Gasteiger partial charge on any atom is 0.406 e. The van der Waals surface area contributed by atoms with Gasteiger partial charge in [-0.25, -0.2) is 4.39 Å². The molecule has 4 aromatic rings. The molecule has 0 bridgehead atoms. The maximum absolute atomic E-state index is 14.7. The molecular formula is C26H26F4N6O2. The summed E-state index contributed by atoms with van der Waals surface area (Å²) < 4.78 is 61.5. The van der Waals surface area contributed by atoms with Crippen LogP contribution in [0.2, 0.25) is 0 Å². The zero-order valence-corrected chi connectivity index (χ0v) is 20.5. The van der Waals surface area contributed by atoms with Gasteiger partial charge in [0.15, 0.2) is 0 Å². The van der Waals surface area contributed by atoms with Gasteiger partial charge < -0.3 is 24.6 Å². The number of fused-ring (bicyclic) bond motifs is 1. The molecule has 1 fully saturated rings. The van der Waals surface area contributed by atoms with Crippen LogP contribution in [0, 0.1) is 0 Å². The lowest BCUT2D eigenvalue weighted by atomic mass is 10.0. The van der Waals surface area contributed by atoms with Crippen molar-refractivity contribution >= 4 is 22.5 Å². The van der Waals surface area contributed by atoms with Gasteiger partial charge in [-0.15, -0.1) is 0 Å². The molecule has 8 nitrogen and oxygen atoms in total. The predicted molar refractivity (Wildman–Crippen MR) is 133 cm³/mol. The Morgan fingerprint density at radius 2 is 1.95 bits per heavy atom. The van der Waals surface area contributed by atoms with Gasteiger partial charge in [0.25, 0.3) is 0 Å². The van der Waals surface area contributed by atoms with E-state index in [1.165, 1.54) is 6.07 Å². The normalized spacial score (nSPS) is 18.6. The Bertz CT molecular complexity index is 1420. The minimum absolute atomic E-state index is 0.0256. The third-order valence-electron chi connectivity index (χ3n) is 6.51. The lowest BCUT2D eigenvalue weighted by molar-refractivity contribution is -0.139. The highest BCUT2D eigenvalue weighted by molar-refractivity contribution is 5.96. The number of likely N-dealkylation sites (tertiary alicyclic amines) is 1. The molecule has 200 valence electrons. The first-order chi connectivity index (χ1) is 18.2. The summed E-state index contributed by atoms with van der Waals surface area (Å²) in [4.78, 5) is 18.5. The van der Waals surface area contributed by atoms with E-state index in [4.69, 9.17) is 4.52 Å².